The smallest absolute Gasteiger partial charge is 0.312 e. The third-order valence-electron chi connectivity index (χ3n) is 2.93. The predicted molar refractivity (Wildman–Crippen MR) is 73.0 cm³/mol. The lowest BCUT2D eigenvalue weighted by Gasteiger charge is -2.22. The maximum Gasteiger partial charge on any atom is 0.312 e. The van der Waals surface area contributed by atoms with E-state index in [1.165, 1.54) is 0 Å². The Balaban J connectivity index is 2.00. The zero-order valence-electron chi connectivity index (χ0n) is 12.4. The number of hydrogen-bond donors (Lipinski definition) is 0. The molecular weight excluding hydrogens is 258 g/mol. The number of carbonyl (C=O) groups is 1. The summed E-state index contributed by atoms with van der Waals surface area (Å²) in [6.45, 7) is 8.56. The zero-order valence-corrected chi connectivity index (χ0v) is 12.4. The first-order valence-electron chi connectivity index (χ1n) is 6.74. The molecule has 0 saturated carbocycles. The molecule has 2 heterocycles. The molecule has 20 heavy (non-hydrogen) atoms. The second-order valence-electron chi connectivity index (χ2n) is 5.94. The molecule has 0 amide bonds. The molecule has 0 aliphatic carbocycles. The molecule has 5 nitrogen and oxygen atoms in total. The van der Waals surface area contributed by atoms with Gasteiger partial charge in [-0.05, 0) is 33.8 Å². The number of pyridine rings is 1. The molecule has 1 fully saturated rings. The molecule has 0 atom stereocenters. The molecule has 1 saturated heterocycles. The summed E-state index contributed by atoms with van der Waals surface area (Å²) >= 11 is 0. The number of aromatic nitrogens is 1. The van der Waals surface area contributed by atoms with Gasteiger partial charge in [-0.3, -0.25) is 9.78 Å². The fraction of sp³-hybridized carbons (Fsp3) is 0.600. The highest BCUT2D eigenvalue weighted by molar-refractivity contribution is 5.72. The largest absolute Gasteiger partial charge is 0.460 e. The van der Waals surface area contributed by atoms with Crippen LogP contribution < -0.4 is 0 Å². The predicted octanol–water partition coefficient (Wildman–Crippen LogP) is 2.19. The number of rotatable bonds is 3. The van der Waals surface area contributed by atoms with Gasteiger partial charge in [0.1, 0.15) is 5.60 Å². The number of nitrogens with zero attached hydrogens (tertiary/aromatic N) is 1. The SMILES string of the molecule is CC(C)(C)OC(=O)Cc1ccc(C2(C)OCCO2)cn1. The van der Waals surface area contributed by atoms with Crippen LogP contribution in [0.1, 0.15) is 39.0 Å². The van der Waals surface area contributed by atoms with Crippen molar-refractivity contribution in [2.24, 2.45) is 0 Å². The van der Waals surface area contributed by atoms with Crippen molar-refractivity contribution >= 4 is 5.97 Å². The molecule has 2 rings (SSSR count). The van der Waals surface area contributed by atoms with Crippen LogP contribution in [-0.4, -0.2) is 29.8 Å². The van der Waals surface area contributed by atoms with Crippen molar-refractivity contribution in [1.82, 2.24) is 4.98 Å². The number of esters is 1. The summed E-state index contributed by atoms with van der Waals surface area (Å²) in [4.78, 5) is 16.0. The van der Waals surface area contributed by atoms with E-state index < -0.39 is 11.4 Å². The monoisotopic (exact) mass is 279 g/mol. The highest BCUT2D eigenvalue weighted by atomic mass is 16.7. The third kappa shape index (κ3) is 3.77. The van der Waals surface area contributed by atoms with Crippen LogP contribution in [-0.2, 0) is 31.2 Å². The first-order valence-corrected chi connectivity index (χ1v) is 6.74. The maximum absolute atomic E-state index is 11.7. The van der Waals surface area contributed by atoms with Crippen LogP contribution in [0.2, 0.25) is 0 Å². The molecular formula is C15H21NO4. The van der Waals surface area contributed by atoms with Crippen LogP contribution >= 0.6 is 0 Å². The molecule has 0 N–H and O–H groups in total. The van der Waals surface area contributed by atoms with Crippen LogP contribution in [0, 0.1) is 0 Å². The van der Waals surface area contributed by atoms with E-state index in [0.717, 1.165) is 5.56 Å². The van der Waals surface area contributed by atoms with Crippen molar-refractivity contribution < 1.29 is 19.0 Å². The van der Waals surface area contributed by atoms with Gasteiger partial charge >= 0.3 is 5.97 Å². The summed E-state index contributed by atoms with van der Waals surface area (Å²) in [5.41, 5.74) is 1.04. The van der Waals surface area contributed by atoms with E-state index in [4.69, 9.17) is 14.2 Å². The van der Waals surface area contributed by atoms with E-state index in [1.807, 2.05) is 33.8 Å². The van der Waals surface area contributed by atoms with Gasteiger partial charge < -0.3 is 14.2 Å². The van der Waals surface area contributed by atoms with Crippen molar-refractivity contribution in [1.29, 1.82) is 0 Å². The lowest BCUT2D eigenvalue weighted by atomic mass is 10.1. The number of hydrogen-bond acceptors (Lipinski definition) is 5. The van der Waals surface area contributed by atoms with Gasteiger partial charge in [0.25, 0.3) is 0 Å². The summed E-state index contributed by atoms with van der Waals surface area (Å²) in [5, 5.41) is 0. The molecule has 0 unspecified atom stereocenters. The fourth-order valence-corrected chi connectivity index (χ4v) is 2.00. The number of ether oxygens (including phenoxy) is 3. The lowest BCUT2D eigenvalue weighted by molar-refractivity contribution is -0.154. The van der Waals surface area contributed by atoms with Crippen molar-refractivity contribution in [2.75, 3.05) is 13.2 Å². The Hall–Kier alpha value is -1.46. The van der Waals surface area contributed by atoms with Gasteiger partial charge in [-0.25, -0.2) is 0 Å². The van der Waals surface area contributed by atoms with Gasteiger partial charge in [0.2, 0.25) is 0 Å². The fourth-order valence-electron chi connectivity index (χ4n) is 2.00. The van der Waals surface area contributed by atoms with Gasteiger partial charge in [-0.1, -0.05) is 6.07 Å². The normalized spacial score (nSPS) is 18.0. The first-order chi connectivity index (χ1) is 9.28. The third-order valence-corrected chi connectivity index (χ3v) is 2.93. The van der Waals surface area contributed by atoms with Crippen LogP contribution in [0.25, 0.3) is 0 Å². The molecule has 1 aliphatic heterocycles. The van der Waals surface area contributed by atoms with E-state index in [1.54, 1.807) is 12.3 Å². The van der Waals surface area contributed by atoms with Crippen LogP contribution in [0.3, 0.4) is 0 Å². The first kappa shape index (κ1) is 14.9. The summed E-state index contributed by atoms with van der Waals surface area (Å²) < 4.78 is 16.4. The minimum Gasteiger partial charge on any atom is -0.460 e. The van der Waals surface area contributed by atoms with Crippen molar-refractivity contribution in [3.05, 3.63) is 29.6 Å². The maximum atomic E-state index is 11.7. The van der Waals surface area contributed by atoms with Gasteiger partial charge in [0.05, 0.1) is 25.3 Å². The highest BCUT2D eigenvalue weighted by Gasteiger charge is 2.33. The Morgan fingerprint density at radius 1 is 1.35 bits per heavy atom. The molecule has 0 spiro atoms. The molecule has 0 radical (unpaired) electrons. The van der Waals surface area contributed by atoms with Gasteiger partial charge in [-0.15, -0.1) is 0 Å². The van der Waals surface area contributed by atoms with Crippen molar-refractivity contribution in [2.45, 2.75) is 45.5 Å². The Labute approximate surface area is 119 Å². The van der Waals surface area contributed by atoms with Gasteiger partial charge in [0, 0.05) is 11.8 Å². The average molecular weight is 279 g/mol. The molecule has 5 heteroatoms. The van der Waals surface area contributed by atoms with Crippen molar-refractivity contribution in [3.8, 4) is 0 Å². The molecule has 0 aromatic carbocycles. The van der Waals surface area contributed by atoms with E-state index in [0.29, 0.717) is 18.9 Å². The minimum atomic E-state index is -0.725. The van der Waals surface area contributed by atoms with Crippen LogP contribution in [0.5, 0.6) is 0 Å². The lowest BCUT2D eigenvalue weighted by Crippen LogP contribution is -2.25. The molecule has 1 aromatic rings. The standard InChI is InChI=1S/C15H21NO4/c1-14(2,3)20-13(17)9-12-6-5-11(10-16-12)15(4)18-7-8-19-15/h5-6,10H,7-9H2,1-4H3. The molecule has 0 bridgehead atoms. The summed E-state index contributed by atoms with van der Waals surface area (Å²) in [6.07, 6.45) is 1.85. The van der Waals surface area contributed by atoms with E-state index in [2.05, 4.69) is 4.98 Å². The average Bonchev–Trinajstić information content (AvgIpc) is 2.75. The Kier molecular flexibility index (Phi) is 4.11. The number of carbonyl (C=O) groups excluding carboxylic acids is 1. The summed E-state index contributed by atoms with van der Waals surface area (Å²) in [7, 11) is 0. The second kappa shape index (κ2) is 5.50. The zero-order chi connectivity index (χ0) is 14.8. The van der Waals surface area contributed by atoms with Crippen molar-refractivity contribution in [3.63, 3.8) is 0 Å². The summed E-state index contributed by atoms with van der Waals surface area (Å²) in [6, 6.07) is 3.67. The molecule has 1 aromatic heterocycles. The van der Waals surface area contributed by atoms with E-state index in [9.17, 15) is 4.79 Å². The van der Waals surface area contributed by atoms with Crippen LogP contribution in [0.15, 0.2) is 18.3 Å². The second-order valence-corrected chi connectivity index (χ2v) is 5.94. The van der Waals surface area contributed by atoms with E-state index >= 15 is 0 Å². The van der Waals surface area contributed by atoms with E-state index in [-0.39, 0.29) is 12.4 Å². The Morgan fingerprint density at radius 2 is 2.00 bits per heavy atom. The molecule has 110 valence electrons. The van der Waals surface area contributed by atoms with Gasteiger partial charge in [0.15, 0.2) is 5.79 Å². The Morgan fingerprint density at radius 3 is 2.50 bits per heavy atom. The quantitative estimate of drug-likeness (QED) is 0.794. The molecule has 1 aliphatic rings. The summed E-state index contributed by atoms with van der Waals surface area (Å²) in [5.74, 6) is -1.01. The minimum absolute atomic E-state index is 0.163. The van der Waals surface area contributed by atoms with Gasteiger partial charge in [-0.2, -0.15) is 0 Å². The van der Waals surface area contributed by atoms with Crippen LogP contribution in [0.4, 0.5) is 0 Å². The topological polar surface area (TPSA) is 57.7 Å². The highest BCUT2D eigenvalue weighted by Crippen LogP contribution is 2.30. The Bertz CT molecular complexity index is 470.